The minimum absolute atomic E-state index is 0. The molecule has 0 unspecified atom stereocenters. The predicted octanol–water partition coefficient (Wildman–Crippen LogP) is 0.457. The van der Waals surface area contributed by atoms with Crippen LogP contribution < -0.4 is 21.5 Å². The fourth-order valence-corrected chi connectivity index (χ4v) is 2.06. The lowest BCUT2D eigenvalue weighted by atomic mass is 10.1. The van der Waals surface area contributed by atoms with Gasteiger partial charge in [-0.25, -0.2) is 9.13 Å². The van der Waals surface area contributed by atoms with Gasteiger partial charge in [0.05, 0.1) is 13.6 Å². The quantitative estimate of drug-likeness (QED) is 0.463. The Hall–Kier alpha value is -0.310. The van der Waals surface area contributed by atoms with Crippen LogP contribution in [-0.4, -0.2) is 4.57 Å². The van der Waals surface area contributed by atoms with E-state index in [4.69, 9.17) is 0 Å². The van der Waals surface area contributed by atoms with Gasteiger partial charge in [-0.2, -0.15) is 0 Å². The predicted molar refractivity (Wildman–Crippen MR) is 68.2 cm³/mol. The first-order valence-electron chi connectivity index (χ1n) is 6.84. The number of imidazole rings is 1. The van der Waals surface area contributed by atoms with Crippen LogP contribution in [0.25, 0.3) is 0 Å². The number of hydrogen-bond donors (Lipinski definition) is 0. The van der Waals surface area contributed by atoms with E-state index in [9.17, 15) is 0 Å². The van der Waals surface area contributed by atoms with E-state index in [2.05, 4.69) is 41.8 Å². The second-order valence-electron chi connectivity index (χ2n) is 4.79. The molecule has 1 rings (SSSR count). The Morgan fingerprint density at radius 3 is 2.06 bits per heavy atom. The molecule has 0 atom stereocenters. The number of unbranched alkanes of at least 4 members (excludes halogenated alkanes) is 7. The van der Waals surface area contributed by atoms with E-state index in [1.165, 1.54) is 57.9 Å². The molecule has 0 fully saturated rings. The fourth-order valence-electron chi connectivity index (χ4n) is 2.06. The van der Waals surface area contributed by atoms with Crippen molar-refractivity contribution in [3.05, 3.63) is 18.7 Å². The highest BCUT2D eigenvalue weighted by Crippen LogP contribution is 2.08. The lowest BCUT2D eigenvalue weighted by Crippen LogP contribution is -3.00. The smallest absolute Gasteiger partial charge is 0.243 e. The molecular formula is C14H27BrN2. The molecule has 1 aromatic rings. The van der Waals surface area contributed by atoms with Crippen LogP contribution in [0, 0.1) is 0 Å². The van der Waals surface area contributed by atoms with E-state index in [0.29, 0.717) is 0 Å². The Morgan fingerprint density at radius 2 is 1.53 bits per heavy atom. The van der Waals surface area contributed by atoms with Crippen LogP contribution in [0.2, 0.25) is 0 Å². The van der Waals surface area contributed by atoms with Gasteiger partial charge in [0.1, 0.15) is 12.4 Å². The lowest BCUT2D eigenvalue weighted by molar-refractivity contribution is -0.696. The summed E-state index contributed by atoms with van der Waals surface area (Å²) in [5, 5.41) is 0. The second kappa shape index (κ2) is 10.8. The molecule has 17 heavy (non-hydrogen) atoms. The molecule has 0 saturated heterocycles. The minimum atomic E-state index is 0. The van der Waals surface area contributed by atoms with Crippen molar-refractivity contribution >= 4 is 0 Å². The van der Waals surface area contributed by atoms with Crippen molar-refractivity contribution in [2.24, 2.45) is 7.05 Å². The van der Waals surface area contributed by atoms with E-state index in [1.807, 2.05) is 0 Å². The van der Waals surface area contributed by atoms with Crippen molar-refractivity contribution in [1.29, 1.82) is 0 Å². The van der Waals surface area contributed by atoms with Gasteiger partial charge in [0, 0.05) is 0 Å². The molecule has 100 valence electrons. The second-order valence-corrected chi connectivity index (χ2v) is 4.79. The SMILES string of the molecule is CCCCCCCCCC[n+]1ccn(C)c1.[Br-]. The van der Waals surface area contributed by atoms with Gasteiger partial charge >= 0.3 is 0 Å². The molecule has 1 heterocycles. The monoisotopic (exact) mass is 302 g/mol. The van der Waals surface area contributed by atoms with Crippen molar-refractivity contribution in [1.82, 2.24) is 4.57 Å². The molecule has 0 aliphatic carbocycles. The third-order valence-electron chi connectivity index (χ3n) is 3.09. The molecule has 0 spiro atoms. The van der Waals surface area contributed by atoms with Gasteiger partial charge in [0.15, 0.2) is 0 Å². The summed E-state index contributed by atoms with van der Waals surface area (Å²) in [5.74, 6) is 0. The summed E-state index contributed by atoms with van der Waals surface area (Å²) in [7, 11) is 2.07. The average molecular weight is 303 g/mol. The van der Waals surface area contributed by atoms with Gasteiger partial charge in [-0.3, -0.25) is 0 Å². The standard InChI is InChI=1S/C14H27N2.BrH/c1-3-4-5-6-7-8-9-10-11-16-13-12-15(2)14-16;/h12-14H,3-11H2,1-2H3;1H/q+1;/p-1. The highest BCUT2D eigenvalue weighted by Gasteiger charge is 1.98. The molecule has 3 heteroatoms. The maximum absolute atomic E-state index is 2.27. The Balaban J connectivity index is 0.00000256. The van der Waals surface area contributed by atoms with Gasteiger partial charge in [-0.05, 0) is 12.8 Å². The summed E-state index contributed by atoms with van der Waals surface area (Å²) in [5.41, 5.74) is 0. The molecule has 0 aliphatic heterocycles. The van der Waals surface area contributed by atoms with E-state index in [-0.39, 0.29) is 17.0 Å². The highest BCUT2D eigenvalue weighted by molar-refractivity contribution is 4.61. The Kier molecular flexibility index (Phi) is 10.6. The van der Waals surface area contributed by atoms with Crippen molar-refractivity contribution in [3.63, 3.8) is 0 Å². The topological polar surface area (TPSA) is 8.81 Å². The van der Waals surface area contributed by atoms with Crippen molar-refractivity contribution in [3.8, 4) is 0 Å². The van der Waals surface area contributed by atoms with Crippen molar-refractivity contribution in [2.75, 3.05) is 0 Å². The summed E-state index contributed by atoms with van der Waals surface area (Å²) in [6, 6.07) is 0. The Labute approximate surface area is 117 Å². The van der Waals surface area contributed by atoms with Crippen LogP contribution in [0.15, 0.2) is 18.7 Å². The number of hydrogen-bond acceptors (Lipinski definition) is 0. The maximum atomic E-state index is 2.27. The first kappa shape index (κ1) is 16.7. The molecule has 0 aromatic carbocycles. The number of aryl methyl sites for hydroxylation is 2. The number of rotatable bonds is 9. The number of nitrogens with zero attached hydrogens (tertiary/aromatic N) is 2. The van der Waals surface area contributed by atoms with Gasteiger partial charge in [-0.15, -0.1) is 0 Å². The van der Waals surface area contributed by atoms with Crippen LogP contribution >= 0.6 is 0 Å². The largest absolute Gasteiger partial charge is 1.00 e. The lowest BCUT2D eigenvalue weighted by Gasteiger charge is -2.00. The first-order chi connectivity index (χ1) is 7.83. The summed E-state index contributed by atoms with van der Waals surface area (Å²) >= 11 is 0. The van der Waals surface area contributed by atoms with E-state index in [1.54, 1.807) is 0 Å². The van der Waals surface area contributed by atoms with Crippen LogP contribution in [0.3, 0.4) is 0 Å². The molecule has 0 bridgehead atoms. The van der Waals surface area contributed by atoms with Crippen LogP contribution in [0.1, 0.15) is 58.3 Å². The molecule has 0 saturated carbocycles. The van der Waals surface area contributed by atoms with Crippen molar-refractivity contribution < 1.29 is 21.5 Å². The minimum Gasteiger partial charge on any atom is -1.00 e. The summed E-state index contributed by atoms with van der Waals surface area (Å²) in [6.45, 7) is 3.45. The normalized spacial score (nSPS) is 10.2. The summed E-state index contributed by atoms with van der Waals surface area (Å²) in [4.78, 5) is 0. The van der Waals surface area contributed by atoms with E-state index in [0.717, 1.165) is 0 Å². The Bertz CT molecular complexity index is 271. The third-order valence-corrected chi connectivity index (χ3v) is 3.09. The van der Waals surface area contributed by atoms with Gasteiger partial charge < -0.3 is 17.0 Å². The van der Waals surface area contributed by atoms with Crippen LogP contribution in [0.5, 0.6) is 0 Å². The van der Waals surface area contributed by atoms with Gasteiger partial charge in [0.2, 0.25) is 6.33 Å². The maximum Gasteiger partial charge on any atom is 0.243 e. The number of aromatic nitrogens is 2. The van der Waals surface area contributed by atoms with Crippen LogP contribution in [-0.2, 0) is 13.6 Å². The van der Waals surface area contributed by atoms with Crippen molar-refractivity contribution in [2.45, 2.75) is 64.8 Å². The van der Waals surface area contributed by atoms with E-state index >= 15 is 0 Å². The van der Waals surface area contributed by atoms with Gasteiger partial charge in [0.25, 0.3) is 0 Å². The Morgan fingerprint density at radius 1 is 0.941 bits per heavy atom. The summed E-state index contributed by atoms with van der Waals surface area (Å²) < 4.78 is 4.38. The molecule has 0 N–H and O–H groups in total. The number of halogens is 1. The molecule has 1 aromatic heterocycles. The molecule has 0 amide bonds. The molecule has 0 aliphatic rings. The fraction of sp³-hybridized carbons (Fsp3) is 0.786. The molecule has 2 nitrogen and oxygen atoms in total. The third kappa shape index (κ3) is 8.42. The van der Waals surface area contributed by atoms with Gasteiger partial charge in [-0.1, -0.05) is 45.4 Å². The first-order valence-corrected chi connectivity index (χ1v) is 6.84. The van der Waals surface area contributed by atoms with Crippen LogP contribution in [0.4, 0.5) is 0 Å². The molecule has 0 radical (unpaired) electrons. The average Bonchev–Trinajstić information content (AvgIpc) is 2.68. The zero-order valence-electron chi connectivity index (χ0n) is 11.4. The molecular weight excluding hydrogens is 276 g/mol. The summed E-state index contributed by atoms with van der Waals surface area (Å²) in [6.07, 6.45) is 17.6. The highest BCUT2D eigenvalue weighted by atomic mass is 79.9. The van der Waals surface area contributed by atoms with E-state index < -0.39 is 0 Å². The zero-order chi connectivity index (χ0) is 11.6. The zero-order valence-corrected chi connectivity index (χ0v) is 13.0.